The van der Waals surface area contributed by atoms with E-state index in [-0.39, 0.29) is 10.8 Å². The first-order chi connectivity index (χ1) is 13.9. The van der Waals surface area contributed by atoms with Gasteiger partial charge >= 0.3 is 0 Å². The topological polar surface area (TPSA) is 63.4 Å². The number of rotatable bonds is 5. The third-order valence-electron chi connectivity index (χ3n) is 4.58. The minimum Gasteiger partial charge on any atom is -0.337 e. The van der Waals surface area contributed by atoms with Crippen molar-refractivity contribution in [1.82, 2.24) is 5.16 Å². The molecule has 4 rings (SSSR count). The Balaban J connectivity index is 1.78. The largest absolute Gasteiger partial charge is 0.337 e. The maximum Gasteiger partial charge on any atom is 0.271 e. The Morgan fingerprint density at radius 3 is 2.00 bits per heavy atom. The Kier molecular flexibility index (Phi) is 4.94. The highest BCUT2D eigenvalue weighted by molar-refractivity contribution is 7.93. The highest BCUT2D eigenvalue weighted by Gasteiger charge is 2.29. The molecule has 0 fully saturated rings. The molecule has 0 unspecified atom stereocenters. The lowest BCUT2D eigenvalue weighted by molar-refractivity contribution is 0.424. The van der Waals surface area contributed by atoms with E-state index in [0.717, 1.165) is 16.7 Å². The molecule has 0 aliphatic heterocycles. The van der Waals surface area contributed by atoms with Crippen molar-refractivity contribution in [3.8, 4) is 11.1 Å². The molecule has 0 radical (unpaired) electrons. The fraction of sp³-hybridized carbons (Fsp3) is 0.0870. The van der Waals surface area contributed by atoms with Gasteiger partial charge in [-0.05, 0) is 49.2 Å². The second-order valence-electron chi connectivity index (χ2n) is 6.80. The monoisotopic (exact) mass is 404 g/mol. The molecule has 3 aromatic carbocycles. The lowest BCUT2D eigenvalue weighted by Crippen LogP contribution is -2.26. The van der Waals surface area contributed by atoms with E-state index in [2.05, 4.69) is 5.16 Å². The Bertz CT molecular complexity index is 1210. The molecule has 0 atom stereocenters. The molecule has 1 aromatic heterocycles. The third kappa shape index (κ3) is 3.79. The van der Waals surface area contributed by atoms with Crippen LogP contribution in [0.2, 0.25) is 0 Å². The van der Waals surface area contributed by atoms with Crippen LogP contribution in [0.3, 0.4) is 0 Å². The Morgan fingerprint density at radius 2 is 1.41 bits per heavy atom. The number of anilines is 2. The maximum absolute atomic E-state index is 13.5. The zero-order valence-corrected chi connectivity index (χ0v) is 16.9. The quantitative estimate of drug-likeness (QED) is 0.441. The average molecular weight is 404 g/mol. The van der Waals surface area contributed by atoms with Gasteiger partial charge in [0.05, 0.1) is 16.3 Å². The van der Waals surface area contributed by atoms with E-state index in [4.69, 9.17) is 4.52 Å². The highest BCUT2D eigenvalue weighted by atomic mass is 32.2. The maximum atomic E-state index is 13.5. The van der Waals surface area contributed by atoms with E-state index in [9.17, 15) is 8.42 Å². The van der Waals surface area contributed by atoms with E-state index in [1.165, 1.54) is 4.31 Å². The molecule has 0 saturated carbocycles. The van der Waals surface area contributed by atoms with Crippen molar-refractivity contribution in [3.63, 3.8) is 0 Å². The minimum absolute atomic E-state index is 0.151. The molecule has 4 aromatic rings. The molecule has 0 aliphatic rings. The van der Waals surface area contributed by atoms with E-state index in [1.807, 2.05) is 49.4 Å². The number of benzene rings is 3. The average Bonchev–Trinajstić information content (AvgIpc) is 3.16. The van der Waals surface area contributed by atoms with Gasteiger partial charge in [-0.15, -0.1) is 0 Å². The van der Waals surface area contributed by atoms with Gasteiger partial charge in [-0.25, -0.2) is 12.7 Å². The molecule has 0 saturated heterocycles. The molecule has 0 aliphatic carbocycles. The van der Waals surface area contributed by atoms with Crippen molar-refractivity contribution in [2.24, 2.45) is 0 Å². The molecule has 1 heterocycles. The zero-order valence-electron chi connectivity index (χ0n) is 16.1. The van der Waals surface area contributed by atoms with Crippen LogP contribution in [0, 0.1) is 13.8 Å². The predicted octanol–water partition coefficient (Wildman–Crippen LogP) is 5.49. The summed E-state index contributed by atoms with van der Waals surface area (Å²) in [5, 5.41) is 3.86. The Labute approximate surface area is 170 Å². The second-order valence-corrected chi connectivity index (χ2v) is 8.59. The first-order valence-electron chi connectivity index (χ1n) is 9.16. The summed E-state index contributed by atoms with van der Waals surface area (Å²) in [6.07, 6.45) is 0. The summed E-state index contributed by atoms with van der Waals surface area (Å²) in [6, 6.07) is 25.5. The van der Waals surface area contributed by atoms with Crippen LogP contribution in [0.25, 0.3) is 11.1 Å². The van der Waals surface area contributed by atoms with Gasteiger partial charge in [0.15, 0.2) is 0 Å². The summed E-state index contributed by atoms with van der Waals surface area (Å²) in [5.74, 6) is 0.151. The van der Waals surface area contributed by atoms with E-state index >= 15 is 0 Å². The minimum atomic E-state index is -3.91. The lowest BCUT2D eigenvalue weighted by Gasteiger charge is -2.21. The van der Waals surface area contributed by atoms with Gasteiger partial charge in [0.1, 0.15) is 0 Å². The third-order valence-corrected chi connectivity index (χ3v) is 6.32. The number of sulfonamides is 1. The van der Waals surface area contributed by atoms with Crippen LogP contribution >= 0.6 is 0 Å². The summed E-state index contributed by atoms with van der Waals surface area (Å²) in [7, 11) is -3.91. The summed E-state index contributed by atoms with van der Waals surface area (Å²) in [6.45, 7) is 3.70. The van der Waals surface area contributed by atoms with Gasteiger partial charge in [0, 0.05) is 6.07 Å². The summed E-state index contributed by atoms with van der Waals surface area (Å²) >= 11 is 0. The second kappa shape index (κ2) is 7.56. The van der Waals surface area contributed by atoms with Gasteiger partial charge in [-0.1, -0.05) is 65.3 Å². The highest BCUT2D eigenvalue weighted by Crippen LogP contribution is 2.33. The summed E-state index contributed by atoms with van der Waals surface area (Å²) in [4.78, 5) is 0.173. The molecule has 29 heavy (non-hydrogen) atoms. The normalized spacial score (nSPS) is 11.4. The van der Waals surface area contributed by atoms with Crippen LogP contribution in [-0.4, -0.2) is 13.6 Å². The van der Waals surface area contributed by atoms with E-state index in [1.54, 1.807) is 49.4 Å². The van der Waals surface area contributed by atoms with Gasteiger partial charge in [-0.3, -0.25) is 0 Å². The molecule has 0 amide bonds. The summed E-state index contributed by atoms with van der Waals surface area (Å²) in [5.41, 5.74) is 4.09. The first kappa shape index (κ1) is 19.0. The number of hydrogen-bond acceptors (Lipinski definition) is 4. The number of aryl methyl sites for hydroxylation is 2. The fourth-order valence-electron chi connectivity index (χ4n) is 3.07. The van der Waals surface area contributed by atoms with Crippen molar-refractivity contribution in [2.75, 3.05) is 4.31 Å². The molecule has 0 spiro atoms. The van der Waals surface area contributed by atoms with Crippen molar-refractivity contribution >= 4 is 21.6 Å². The van der Waals surface area contributed by atoms with Crippen LogP contribution in [0.1, 0.15) is 11.3 Å². The standard InChI is InChI=1S/C23H20N2O3S/c1-17-8-12-21(13-9-17)25(23-16-18(2)24-28-23)29(26,27)22-14-10-20(11-15-22)19-6-4-3-5-7-19/h3-16H,1-2H3. The Morgan fingerprint density at radius 1 is 0.793 bits per heavy atom. The van der Waals surface area contributed by atoms with Gasteiger partial charge in [0.2, 0.25) is 5.88 Å². The van der Waals surface area contributed by atoms with Crippen LogP contribution in [0.15, 0.2) is 94.3 Å². The molecule has 5 nitrogen and oxygen atoms in total. The first-order valence-corrected chi connectivity index (χ1v) is 10.6. The van der Waals surface area contributed by atoms with Crippen molar-refractivity contribution in [2.45, 2.75) is 18.7 Å². The fourth-order valence-corrected chi connectivity index (χ4v) is 4.48. The van der Waals surface area contributed by atoms with Crippen molar-refractivity contribution < 1.29 is 12.9 Å². The van der Waals surface area contributed by atoms with Crippen LogP contribution in [0.5, 0.6) is 0 Å². The molecule has 0 bridgehead atoms. The molecule has 146 valence electrons. The predicted molar refractivity (Wildman–Crippen MR) is 114 cm³/mol. The number of hydrogen-bond donors (Lipinski definition) is 0. The smallest absolute Gasteiger partial charge is 0.271 e. The number of nitrogens with zero attached hydrogens (tertiary/aromatic N) is 2. The van der Waals surface area contributed by atoms with Gasteiger partial charge in [-0.2, -0.15) is 0 Å². The lowest BCUT2D eigenvalue weighted by atomic mass is 10.1. The Hall–Kier alpha value is -3.38. The molecular weight excluding hydrogens is 384 g/mol. The van der Waals surface area contributed by atoms with E-state index < -0.39 is 10.0 Å². The molecular formula is C23H20N2O3S. The number of aromatic nitrogens is 1. The van der Waals surface area contributed by atoms with E-state index in [0.29, 0.717) is 11.4 Å². The SMILES string of the molecule is Cc1ccc(N(c2cc(C)no2)S(=O)(=O)c2ccc(-c3ccccc3)cc2)cc1. The van der Waals surface area contributed by atoms with Gasteiger partial charge < -0.3 is 4.52 Å². The van der Waals surface area contributed by atoms with Gasteiger partial charge in [0.25, 0.3) is 10.0 Å². The van der Waals surface area contributed by atoms with Crippen molar-refractivity contribution in [3.05, 3.63) is 96.2 Å². The van der Waals surface area contributed by atoms with Crippen LogP contribution in [-0.2, 0) is 10.0 Å². The zero-order chi connectivity index (χ0) is 20.4. The van der Waals surface area contributed by atoms with Crippen LogP contribution in [0.4, 0.5) is 11.6 Å². The van der Waals surface area contributed by atoms with Crippen molar-refractivity contribution in [1.29, 1.82) is 0 Å². The molecule has 0 N–H and O–H groups in total. The van der Waals surface area contributed by atoms with Crippen LogP contribution < -0.4 is 4.31 Å². The summed E-state index contributed by atoms with van der Waals surface area (Å²) < 4.78 is 33.5. The molecule has 6 heteroatoms.